The molecule has 0 N–H and O–H groups in total. The third-order valence-corrected chi connectivity index (χ3v) is 5.56. The summed E-state index contributed by atoms with van der Waals surface area (Å²) in [5.74, 6) is -0.489. The van der Waals surface area contributed by atoms with Crippen molar-refractivity contribution in [3.05, 3.63) is 83.4 Å². The molecule has 0 aromatic heterocycles. The standard InChI is InChI=1S/C19H11ClF3O3S/c20-13-5-4-6-14(11-13)26-18-10-9-16(12-17(18)19(21,22)23)27(24,25)15-7-2-1-3-8-15/h1-3,5-12H. The van der Waals surface area contributed by atoms with Crippen LogP contribution in [-0.4, -0.2) is 8.42 Å². The van der Waals surface area contributed by atoms with E-state index in [2.05, 4.69) is 6.07 Å². The molecular formula is C19H11ClF3O3S. The summed E-state index contributed by atoms with van der Waals surface area (Å²) in [7, 11) is -4.10. The largest absolute Gasteiger partial charge is 0.457 e. The Morgan fingerprint density at radius 3 is 2.26 bits per heavy atom. The minimum Gasteiger partial charge on any atom is -0.457 e. The quantitative estimate of drug-likeness (QED) is 0.546. The van der Waals surface area contributed by atoms with Gasteiger partial charge >= 0.3 is 6.18 Å². The summed E-state index contributed by atoms with van der Waals surface area (Å²) >= 11 is 5.78. The van der Waals surface area contributed by atoms with Crippen LogP contribution in [0.4, 0.5) is 13.2 Å². The van der Waals surface area contributed by atoms with Crippen LogP contribution in [-0.2, 0) is 16.0 Å². The number of benzene rings is 3. The highest BCUT2D eigenvalue weighted by molar-refractivity contribution is 7.91. The van der Waals surface area contributed by atoms with E-state index in [0.29, 0.717) is 6.07 Å². The zero-order valence-corrected chi connectivity index (χ0v) is 15.1. The molecule has 0 aliphatic rings. The molecule has 27 heavy (non-hydrogen) atoms. The molecule has 0 aliphatic heterocycles. The normalized spacial score (nSPS) is 12.0. The average Bonchev–Trinajstić information content (AvgIpc) is 2.62. The van der Waals surface area contributed by atoms with Crippen LogP contribution in [0.15, 0.2) is 76.5 Å². The zero-order chi connectivity index (χ0) is 19.7. The fourth-order valence-electron chi connectivity index (χ4n) is 2.33. The molecule has 3 aromatic carbocycles. The average molecular weight is 412 g/mol. The fourth-order valence-corrected chi connectivity index (χ4v) is 3.81. The van der Waals surface area contributed by atoms with Gasteiger partial charge in [-0.1, -0.05) is 29.8 Å². The van der Waals surface area contributed by atoms with E-state index in [4.69, 9.17) is 16.3 Å². The van der Waals surface area contributed by atoms with E-state index in [1.165, 1.54) is 42.5 Å². The van der Waals surface area contributed by atoms with E-state index in [0.717, 1.165) is 12.1 Å². The molecule has 139 valence electrons. The van der Waals surface area contributed by atoms with Crippen LogP contribution in [0, 0.1) is 6.07 Å². The summed E-state index contributed by atoms with van der Waals surface area (Å²) < 4.78 is 70.9. The molecular weight excluding hydrogens is 401 g/mol. The van der Waals surface area contributed by atoms with E-state index >= 15 is 0 Å². The SMILES string of the molecule is O=S(=O)(c1ccccc1)c1ccc(Oc2c[c]cc(Cl)c2)c(C(F)(F)F)c1. The molecule has 0 saturated carbocycles. The number of hydrogen-bond acceptors (Lipinski definition) is 3. The number of sulfone groups is 1. The van der Waals surface area contributed by atoms with Crippen molar-refractivity contribution < 1.29 is 26.3 Å². The van der Waals surface area contributed by atoms with Crippen molar-refractivity contribution in [3.63, 3.8) is 0 Å². The smallest absolute Gasteiger partial charge is 0.420 e. The monoisotopic (exact) mass is 411 g/mol. The highest BCUT2D eigenvalue weighted by Gasteiger charge is 2.36. The number of rotatable bonds is 4. The van der Waals surface area contributed by atoms with Gasteiger partial charge in [0, 0.05) is 5.02 Å². The molecule has 0 aliphatic carbocycles. The van der Waals surface area contributed by atoms with Gasteiger partial charge in [-0.05, 0) is 54.6 Å². The van der Waals surface area contributed by atoms with Crippen LogP contribution in [0.3, 0.4) is 0 Å². The predicted molar refractivity (Wildman–Crippen MR) is 93.7 cm³/mol. The van der Waals surface area contributed by atoms with Crippen LogP contribution in [0.2, 0.25) is 5.02 Å². The van der Waals surface area contributed by atoms with Crippen LogP contribution < -0.4 is 4.74 Å². The van der Waals surface area contributed by atoms with Gasteiger partial charge in [0.15, 0.2) is 0 Å². The van der Waals surface area contributed by atoms with E-state index in [1.807, 2.05) is 0 Å². The van der Waals surface area contributed by atoms with Gasteiger partial charge in [0.25, 0.3) is 0 Å². The number of ether oxygens (including phenoxy) is 1. The Labute approximate surface area is 158 Å². The second-order valence-electron chi connectivity index (χ2n) is 5.46. The Morgan fingerprint density at radius 2 is 1.63 bits per heavy atom. The minimum absolute atomic E-state index is 0.0478. The maximum Gasteiger partial charge on any atom is 0.420 e. The second kappa shape index (κ2) is 7.25. The zero-order valence-electron chi connectivity index (χ0n) is 13.5. The predicted octanol–water partition coefficient (Wildman–Crippen LogP) is 5.78. The number of alkyl halides is 3. The number of halogens is 4. The highest BCUT2D eigenvalue weighted by atomic mass is 35.5. The summed E-state index contributed by atoms with van der Waals surface area (Å²) in [4.78, 5) is -0.581. The van der Waals surface area contributed by atoms with Gasteiger partial charge < -0.3 is 4.74 Å². The van der Waals surface area contributed by atoms with E-state index in [-0.39, 0.29) is 15.7 Å². The first-order chi connectivity index (χ1) is 12.7. The topological polar surface area (TPSA) is 43.4 Å². The van der Waals surface area contributed by atoms with Gasteiger partial charge in [-0.3, -0.25) is 0 Å². The molecule has 1 radical (unpaired) electrons. The Balaban J connectivity index is 2.08. The third kappa shape index (κ3) is 4.26. The molecule has 0 atom stereocenters. The summed E-state index contributed by atoms with van der Waals surface area (Å²) in [6.07, 6.45) is -4.82. The highest BCUT2D eigenvalue weighted by Crippen LogP contribution is 2.40. The Hall–Kier alpha value is -2.51. The van der Waals surface area contributed by atoms with Crippen LogP contribution >= 0.6 is 11.6 Å². The fraction of sp³-hybridized carbons (Fsp3) is 0.0526. The van der Waals surface area contributed by atoms with Gasteiger partial charge in [0.2, 0.25) is 9.84 Å². The van der Waals surface area contributed by atoms with Crippen molar-refractivity contribution in [2.24, 2.45) is 0 Å². The first-order valence-electron chi connectivity index (χ1n) is 7.54. The van der Waals surface area contributed by atoms with Crippen molar-refractivity contribution in [2.45, 2.75) is 16.0 Å². The lowest BCUT2D eigenvalue weighted by atomic mass is 10.2. The molecule has 0 spiro atoms. The molecule has 3 aromatic rings. The van der Waals surface area contributed by atoms with Crippen LogP contribution in [0.25, 0.3) is 0 Å². The van der Waals surface area contributed by atoms with Gasteiger partial charge in [0.05, 0.1) is 15.4 Å². The lowest BCUT2D eigenvalue weighted by Crippen LogP contribution is -2.10. The molecule has 0 amide bonds. The molecule has 3 rings (SSSR count). The maximum atomic E-state index is 13.5. The molecule has 0 bridgehead atoms. The first kappa shape index (κ1) is 19.3. The Morgan fingerprint density at radius 1 is 0.926 bits per heavy atom. The maximum absolute atomic E-state index is 13.5. The van der Waals surface area contributed by atoms with E-state index < -0.39 is 32.2 Å². The molecule has 0 saturated heterocycles. The number of hydrogen-bond donors (Lipinski definition) is 0. The molecule has 3 nitrogen and oxygen atoms in total. The summed E-state index contributed by atoms with van der Waals surface area (Å²) in [5, 5.41) is 0.240. The van der Waals surface area contributed by atoms with Gasteiger partial charge in [-0.2, -0.15) is 13.2 Å². The third-order valence-electron chi connectivity index (χ3n) is 3.58. The minimum atomic E-state index is -4.82. The van der Waals surface area contributed by atoms with E-state index in [1.54, 1.807) is 6.07 Å². The van der Waals surface area contributed by atoms with Crippen LogP contribution in [0.5, 0.6) is 11.5 Å². The first-order valence-corrected chi connectivity index (χ1v) is 9.40. The lowest BCUT2D eigenvalue weighted by Gasteiger charge is -2.15. The van der Waals surface area contributed by atoms with Gasteiger partial charge in [-0.25, -0.2) is 8.42 Å². The van der Waals surface area contributed by atoms with Gasteiger partial charge in [-0.15, -0.1) is 0 Å². The van der Waals surface area contributed by atoms with Crippen LogP contribution in [0.1, 0.15) is 5.56 Å². The second-order valence-corrected chi connectivity index (χ2v) is 7.85. The summed E-state index contributed by atoms with van der Waals surface area (Å²) in [5.41, 5.74) is -1.21. The lowest BCUT2D eigenvalue weighted by molar-refractivity contribution is -0.138. The van der Waals surface area contributed by atoms with Crippen molar-refractivity contribution in [2.75, 3.05) is 0 Å². The molecule has 0 heterocycles. The summed E-state index contributed by atoms with van der Waals surface area (Å²) in [6, 6.07) is 16.5. The summed E-state index contributed by atoms with van der Waals surface area (Å²) in [6.45, 7) is 0. The van der Waals surface area contributed by atoms with E-state index in [9.17, 15) is 21.6 Å². The van der Waals surface area contributed by atoms with Crippen molar-refractivity contribution in [1.82, 2.24) is 0 Å². The van der Waals surface area contributed by atoms with Gasteiger partial charge in [0.1, 0.15) is 11.5 Å². The molecule has 8 heteroatoms. The Kier molecular flexibility index (Phi) is 5.17. The molecule has 0 fully saturated rings. The van der Waals surface area contributed by atoms with Crippen molar-refractivity contribution in [1.29, 1.82) is 0 Å². The Bertz CT molecular complexity index is 1070. The van der Waals surface area contributed by atoms with Crippen molar-refractivity contribution >= 4 is 21.4 Å². The van der Waals surface area contributed by atoms with Crippen molar-refractivity contribution in [3.8, 4) is 11.5 Å². The molecule has 0 unspecified atom stereocenters.